The van der Waals surface area contributed by atoms with E-state index in [1.54, 1.807) is 6.07 Å². The fraction of sp³-hybridized carbons (Fsp3) is 0.0714. The zero-order valence-corrected chi connectivity index (χ0v) is 11.6. The van der Waals surface area contributed by atoms with Gasteiger partial charge in [0.15, 0.2) is 0 Å². The maximum absolute atomic E-state index is 11.7. The number of nitrogens with one attached hydrogen (secondary N) is 2. The van der Waals surface area contributed by atoms with Gasteiger partial charge in [-0.15, -0.1) is 0 Å². The van der Waals surface area contributed by atoms with E-state index >= 15 is 0 Å². The third-order valence-electron chi connectivity index (χ3n) is 2.73. The smallest absolute Gasteiger partial charge is 0.319 e. The van der Waals surface area contributed by atoms with Gasteiger partial charge in [0.2, 0.25) is 0 Å². The number of non-ortho nitro benzene ring substituents is 1. The fourth-order valence-electron chi connectivity index (χ4n) is 1.66. The van der Waals surface area contributed by atoms with Crippen molar-refractivity contribution >= 4 is 29.0 Å². The lowest BCUT2D eigenvalue weighted by Crippen LogP contribution is -2.28. The summed E-state index contributed by atoms with van der Waals surface area (Å²) < 4.78 is 0. The molecule has 0 aliphatic carbocycles. The number of urea groups is 1. The average molecular weight is 306 g/mol. The molecular weight excluding hydrogens is 294 g/mol. The molecule has 0 atom stereocenters. The number of benzene rings is 2. The Hall–Kier alpha value is -2.60. The fourth-order valence-corrected chi connectivity index (χ4v) is 1.86. The molecular formula is C14H12ClN3O3. The van der Waals surface area contributed by atoms with E-state index in [2.05, 4.69) is 10.6 Å². The molecule has 0 saturated carbocycles. The molecule has 0 aliphatic rings. The first-order chi connectivity index (χ1) is 10.1. The number of carbonyl (C=O) groups excluding carboxylic acids is 1. The van der Waals surface area contributed by atoms with Crippen LogP contribution in [-0.4, -0.2) is 11.0 Å². The minimum atomic E-state index is -0.499. The monoisotopic (exact) mass is 305 g/mol. The second-order valence-corrected chi connectivity index (χ2v) is 4.61. The Kier molecular flexibility index (Phi) is 4.73. The molecule has 6 nitrogen and oxygen atoms in total. The molecule has 2 amide bonds. The normalized spacial score (nSPS) is 9.95. The van der Waals surface area contributed by atoms with E-state index in [0.717, 1.165) is 5.56 Å². The van der Waals surface area contributed by atoms with Gasteiger partial charge >= 0.3 is 6.03 Å². The molecule has 0 spiro atoms. The van der Waals surface area contributed by atoms with Crippen molar-refractivity contribution in [1.82, 2.24) is 5.32 Å². The summed E-state index contributed by atoms with van der Waals surface area (Å²) in [7, 11) is 0. The lowest BCUT2D eigenvalue weighted by atomic mass is 10.2. The third-order valence-corrected chi connectivity index (χ3v) is 3.10. The van der Waals surface area contributed by atoms with E-state index < -0.39 is 11.0 Å². The van der Waals surface area contributed by atoms with E-state index in [4.69, 9.17) is 11.6 Å². The number of hydrogen-bond donors (Lipinski definition) is 2. The molecule has 2 aromatic rings. The van der Waals surface area contributed by atoms with Crippen LogP contribution in [0, 0.1) is 10.1 Å². The van der Waals surface area contributed by atoms with Gasteiger partial charge in [0.1, 0.15) is 0 Å². The van der Waals surface area contributed by atoms with E-state index in [1.807, 2.05) is 18.2 Å². The van der Waals surface area contributed by atoms with Gasteiger partial charge in [0.05, 0.1) is 4.92 Å². The molecule has 0 heterocycles. The van der Waals surface area contributed by atoms with Crippen molar-refractivity contribution in [3.05, 3.63) is 69.2 Å². The van der Waals surface area contributed by atoms with Crippen LogP contribution in [-0.2, 0) is 6.54 Å². The Morgan fingerprint density at radius 2 is 1.81 bits per heavy atom. The number of anilines is 1. The lowest BCUT2D eigenvalue weighted by molar-refractivity contribution is -0.384. The van der Waals surface area contributed by atoms with Crippen molar-refractivity contribution in [3.8, 4) is 0 Å². The zero-order chi connectivity index (χ0) is 15.2. The largest absolute Gasteiger partial charge is 0.334 e. The van der Waals surface area contributed by atoms with Crippen molar-refractivity contribution in [2.24, 2.45) is 0 Å². The minimum Gasteiger partial charge on any atom is -0.334 e. The molecule has 2 rings (SSSR count). The minimum absolute atomic E-state index is 0.0305. The highest BCUT2D eigenvalue weighted by atomic mass is 35.5. The van der Waals surface area contributed by atoms with Gasteiger partial charge in [-0.1, -0.05) is 29.8 Å². The maximum Gasteiger partial charge on any atom is 0.319 e. The summed E-state index contributed by atoms with van der Waals surface area (Å²) in [5.74, 6) is 0. The van der Waals surface area contributed by atoms with Crippen LogP contribution in [0.2, 0.25) is 5.02 Å². The maximum atomic E-state index is 11.7. The van der Waals surface area contributed by atoms with Crippen LogP contribution in [0.5, 0.6) is 0 Å². The number of amides is 2. The van der Waals surface area contributed by atoms with Crippen LogP contribution in [0.25, 0.3) is 0 Å². The van der Waals surface area contributed by atoms with Crippen molar-refractivity contribution in [1.29, 1.82) is 0 Å². The molecule has 21 heavy (non-hydrogen) atoms. The molecule has 108 valence electrons. The first kappa shape index (κ1) is 14.8. The van der Waals surface area contributed by atoms with E-state index in [9.17, 15) is 14.9 Å². The predicted octanol–water partition coefficient (Wildman–Crippen LogP) is 3.57. The van der Waals surface area contributed by atoms with Crippen molar-refractivity contribution in [2.45, 2.75) is 6.54 Å². The highest BCUT2D eigenvalue weighted by molar-refractivity contribution is 6.31. The molecule has 7 heteroatoms. The van der Waals surface area contributed by atoms with Crippen molar-refractivity contribution in [2.75, 3.05) is 5.32 Å². The summed E-state index contributed by atoms with van der Waals surface area (Å²) in [4.78, 5) is 21.7. The molecule has 0 fully saturated rings. The van der Waals surface area contributed by atoms with Crippen LogP contribution in [0.4, 0.5) is 16.2 Å². The lowest BCUT2D eigenvalue weighted by Gasteiger charge is -2.08. The number of nitro benzene ring substituents is 1. The number of hydrogen-bond acceptors (Lipinski definition) is 3. The number of halogens is 1. The molecule has 0 bridgehead atoms. The first-order valence-corrected chi connectivity index (χ1v) is 6.47. The Balaban J connectivity index is 1.90. The van der Waals surface area contributed by atoms with Gasteiger partial charge in [-0.2, -0.15) is 0 Å². The molecule has 0 unspecified atom stereocenters. The quantitative estimate of drug-likeness (QED) is 0.669. The van der Waals surface area contributed by atoms with Gasteiger partial charge < -0.3 is 10.6 Å². The summed E-state index contributed by atoms with van der Waals surface area (Å²) in [5.41, 5.74) is 1.24. The topological polar surface area (TPSA) is 84.3 Å². The summed E-state index contributed by atoms with van der Waals surface area (Å²) in [6, 6.07) is 12.4. The third kappa shape index (κ3) is 4.19. The van der Waals surface area contributed by atoms with Crippen LogP contribution in [0.1, 0.15) is 5.56 Å². The molecule has 0 saturated heterocycles. The predicted molar refractivity (Wildman–Crippen MR) is 80.4 cm³/mol. The summed E-state index contributed by atoms with van der Waals surface area (Å²) in [6.45, 7) is 0.290. The number of nitrogens with zero attached hydrogens (tertiary/aromatic N) is 1. The highest BCUT2D eigenvalue weighted by Gasteiger charge is 2.06. The van der Waals surface area contributed by atoms with Gasteiger partial charge in [0, 0.05) is 29.4 Å². The Morgan fingerprint density at radius 1 is 1.14 bits per heavy atom. The Bertz CT molecular complexity index is 659. The molecule has 2 aromatic carbocycles. The molecule has 0 radical (unpaired) electrons. The zero-order valence-electron chi connectivity index (χ0n) is 10.9. The van der Waals surface area contributed by atoms with Gasteiger partial charge in [-0.05, 0) is 23.8 Å². The number of carbonyl (C=O) groups is 1. The second-order valence-electron chi connectivity index (χ2n) is 4.20. The van der Waals surface area contributed by atoms with E-state index in [1.165, 1.54) is 24.3 Å². The SMILES string of the molecule is O=C(NCc1ccccc1Cl)Nc1ccc([N+](=O)[O-])cc1. The second kappa shape index (κ2) is 6.71. The Morgan fingerprint density at radius 3 is 2.43 bits per heavy atom. The van der Waals surface area contributed by atoms with Crippen molar-refractivity contribution in [3.63, 3.8) is 0 Å². The highest BCUT2D eigenvalue weighted by Crippen LogP contribution is 2.16. The van der Waals surface area contributed by atoms with Crippen molar-refractivity contribution < 1.29 is 9.72 Å². The number of rotatable bonds is 4. The van der Waals surface area contributed by atoms with Gasteiger partial charge in [-0.25, -0.2) is 4.79 Å². The summed E-state index contributed by atoms with van der Waals surface area (Å²) in [5, 5.41) is 16.3. The van der Waals surface area contributed by atoms with Crippen LogP contribution >= 0.6 is 11.6 Å². The first-order valence-electron chi connectivity index (χ1n) is 6.09. The number of nitro groups is 1. The standard InChI is InChI=1S/C14H12ClN3O3/c15-13-4-2-1-3-10(13)9-16-14(19)17-11-5-7-12(8-6-11)18(20)21/h1-8H,9H2,(H2,16,17,19). The van der Waals surface area contributed by atoms with Gasteiger partial charge in [-0.3, -0.25) is 10.1 Å². The summed E-state index contributed by atoms with van der Waals surface area (Å²) in [6.07, 6.45) is 0. The molecule has 0 aromatic heterocycles. The van der Waals surface area contributed by atoms with E-state index in [0.29, 0.717) is 17.3 Å². The van der Waals surface area contributed by atoms with Crippen LogP contribution < -0.4 is 10.6 Å². The average Bonchev–Trinajstić information content (AvgIpc) is 2.47. The Labute approximate surface area is 125 Å². The van der Waals surface area contributed by atoms with E-state index in [-0.39, 0.29) is 5.69 Å². The molecule has 2 N–H and O–H groups in total. The molecule has 0 aliphatic heterocycles. The summed E-state index contributed by atoms with van der Waals surface area (Å²) >= 11 is 5.98. The van der Waals surface area contributed by atoms with Gasteiger partial charge in [0.25, 0.3) is 5.69 Å². The van der Waals surface area contributed by atoms with Crippen LogP contribution in [0.15, 0.2) is 48.5 Å². The van der Waals surface area contributed by atoms with Crippen LogP contribution in [0.3, 0.4) is 0 Å².